The Kier molecular flexibility index (Phi) is 5.04. The Morgan fingerprint density at radius 3 is 2.67 bits per heavy atom. The van der Waals surface area contributed by atoms with Crippen LogP contribution in [0.3, 0.4) is 0 Å². The number of hydrogen-bond acceptors (Lipinski definition) is 3. The Bertz CT molecular complexity index is 113. The molecule has 0 bridgehead atoms. The number of likely N-dealkylation sites (N-methyl/N-ethyl adjacent to an activating group) is 1. The van der Waals surface area contributed by atoms with Crippen LogP contribution < -0.4 is 5.32 Å². The van der Waals surface area contributed by atoms with Crippen molar-refractivity contribution in [1.29, 1.82) is 0 Å². The van der Waals surface area contributed by atoms with Crippen molar-refractivity contribution in [2.45, 2.75) is 19.9 Å². The first-order valence-electron chi connectivity index (χ1n) is 4.87. The van der Waals surface area contributed by atoms with E-state index in [1.807, 2.05) is 0 Å². The highest BCUT2D eigenvalue weighted by Gasteiger charge is 2.15. The summed E-state index contributed by atoms with van der Waals surface area (Å²) in [7, 11) is 0. The predicted molar refractivity (Wildman–Crippen MR) is 56.9 cm³/mol. The summed E-state index contributed by atoms with van der Waals surface area (Å²) in [5.41, 5.74) is 0. The van der Waals surface area contributed by atoms with Gasteiger partial charge in [0.25, 0.3) is 0 Å². The third kappa shape index (κ3) is 3.33. The van der Waals surface area contributed by atoms with Crippen molar-refractivity contribution < 1.29 is 0 Å². The zero-order chi connectivity index (χ0) is 8.81. The third-order valence-electron chi connectivity index (χ3n) is 2.36. The molecule has 1 aliphatic heterocycles. The molecule has 0 aliphatic carbocycles. The van der Waals surface area contributed by atoms with Crippen molar-refractivity contribution in [2.75, 3.05) is 37.7 Å². The summed E-state index contributed by atoms with van der Waals surface area (Å²) in [5.74, 6) is 2.63. The Morgan fingerprint density at radius 1 is 1.42 bits per heavy atom. The van der Waals surface area contributed by atoms with Crippen molar-refractivity contribution >= 4 is 11.8 Å². The molecule has 2 nitrogen and oxygen atoms in total. The first-order valence-corrected chi connectivity index (χ1v) is 6.02. The average Bonchev–Trinajstić information content (AvgIpc) is 2.15. The minimum absolute atomic E-state index is 0.714. The Morgan fingerprint density at radius 2 is 2.08 bits per heavy atom. The lowest BCUT2D eigenvalue weighted by atomic mass is 10.2. The summed E-state index contributed by atoms with van der Waals surface area (Å²) in [5, 5.41) is 3.40. The Balaban J connectivity index is 2.15. The monoisotopic (exact) mass is 188 g/mol. The molecule has 0 aromatic rings. The Labute approximate surface area is 80.1 Å². The highest BCUT2D eigenvalue weighted by atomic mass is 32.2. The molecule has 3 heteroatoms. The quantitative estimate of drug-likeness (QED) is 0.709. The molecule has 0 saturated carbocycles. The summed E-state index contributed by atoms with van der Waals surface area (Å²) in [4.78, 5) is 2.58. The van der Waals surface area contributed by atoms with Gasteiger partial charge in [0.1, 0.15) is 0 Å². The van der Waals surface area contributed by atoms with Crippen LogP contribution in [0.4, 0.5) is 0 Å². The van der Waals surface area contributed by atoms with Gasteiger partial charge < -0.3 is 5.32 Å². The lowest BCUT2D eigenvalue weighted by molar-refractivity contribution is 0.226. The van der Waals surface area contributed by atoms with E-state index in [-0.39, 0.29) is 0 Å². The minimum Gasteiger partial charge on any atom is -0.315 e. The van der Waals surface area contributed by atoms with Gasteiger partial charge in [-0.3, -0.25) is 4.90 Å². The van der Waals surface area contributed by atoms with Gasteiger partial charge in [-0.2, -0.15) is 11.8 Å². The first-order chi connectivity index (χ1) is 5.84. The van der Waals surface area contributed by atoms with E-state index in [1.165, 1.54) is 24.6 Å². The number of hydrogen-bond donors (Lipinski definition) is 1. The van der Waals surface area contributed by atoms with Gasteiger partial charge in [-0.15, -0.1) is 0 Å². The summed E-state index contributed by atoms with van der Waals surface area (Å²) in [6.07, 6.45) is 0. The van der Waals surface area contributed by atoms with Crippen molar-refractivity contribution in [2.24, 2.45) is 0 Å². The molecule has 1 atom stereocenters. The van der Waals surface area contributed by atoms with Gasteiger partial charge in [-0.1, -0.05) is 6.92 Å². The molecule has 1 heterocycles. The maximum atomic E-state index is 3.40. The summed E-state index contributed by atoms with van der Waals surface area (Å²) in [6.45, 7) is 9.26. The topological polar surface area (TPSA) is 15.3 Å². The lowest BCUT2D eigenvalue weighted by Gasteiger charge is -2.32. The van der Waals surface area contributed by atoms with Crippen LogP contribution >= 0.6 is 11.8 Å². The molecule has 1 unspecified atom stereocenters. The van der Waals surface area contributed by atoms with Gasteiger partial charge in [0.05, 0.1) is 0 Å². The molecule has 72 valence electrons. The van der Waals surface area contributed by atoms with Crippen LogP contribution in [0.2, 0.25) is 0 Å². The van der Waals surface area contributed by atoms with Gasteiger partial charge in [0.2, 0.25) is 0 Å². The maximum Gasteiger partial charge on any atom is 0.0193 e. The lowest BCUT2D eigenvalue weighted by Crippen LogP contribution is -2.44. The van der Waals surface area contributed by atoms with Crippen molar-refractivity contribution in [1.82, 2.24) is 10.2 Å². The Hall–Kier alpha value is 0.270. The van der Waals surface area contributed by atoms with E-state index in [9.17, 15) is 0 Å². The van der Waals surface area contributed by atoms with E-state index >= 15 is 0 Å². The second-order valence-electron chi connectivity index (χ2n) is 3.31. The predicted octanol–water partition coefficient (Wildman–Crippen LogP) is 1.03. The van der Waals surface area contributed by atoms with E-state index < -0.39 is 0 Å². The molecule has 12 heavy (non-hydrogen) atoms. The van der Waals surface area contributed by atoms with Crippen LogP contribution in [-0.2, 0) is 0 Å². The molecule has 1 fully saturated rings. The molecule has 0 radical (unpaired) electrons. The molecule has 0 aromatic heterocycles. The number of nitrogens with zero attached hydrogens (tertiary/aromatic N) is 1. The standard InChI is InChI=1S/C9H20N2S/c1-3-10-8-9(2)11-4-6-12-7-5-11/h9-10H,3-8H2,1-2H3. The molecule has 0 aromatic carbocycles. The van der Waals surface area contributed by atoms with Crippen LogP contribution in [0.5, 0.6) is 0 Å². The smallest absolute Gasteiger partial charge is 0.0193 e. The molecule has 1 aliphatic rings. The normalized spacial score (nSPS) is 22.5. The van der Waals surface area contributed by atoms with Crippen molar-refractivity contribution in [3.8, 4) is 0 Å². The molecule has 0 spiro atoms. The van der Waals surface area contributed by atoms with Gasteiger partial charge >= 0.3 is 0 Å². The van der Waals surface area contributed by atoms with Crippen molar-refractivity contribution in [3.63, 3.8) is 0 Å². The third-order valence-corrected chi connectivity index (χ3v) is 3.30. The zero-order valence-electron chi connectivity index (χ0n) is 8.18. The van der Waals surface area contributed by atoms with Crippen LogP contribution in [-0.4, -0.2) is 48.6 Å². The van der Waals surface area contributed by atoms with Crippen LogP contribution in [0, 0.1) is 0 Å². The maximum absolute atomic E-state index is 3.40. The van der Waals surface area contributed by atoms with Crippen LogP contribution in [0.15, 0.2) is 0 Å². The van der Waals surface area contributed by atoms with E-state index in [1.54, 1.807) is 0 Å². The van der Waals surface area contributed by atoms with Crippen LogP contribution in [0.25, 0.3) is 0 Å². The van der Waals surface area contributed by atoms with E-state index in [2.05, 4.69) is 35.8 Å². The molecule has 1 rings (SSSR count). The van der Waals surface area contributed by atoms with Gasteiger partial charge in [0.15, 0.2) is 0 Å². The molecular weight excluding hydrogens is 168 g/mol. The number of nitrogens with one attached hydrogen (secondary N) is 1. The number of thioether (sulfide) groups is 1. The summed E-state index contributed by atoms with van der Waals surface area (Å²) in [6, 6.07) is 0.714. The van der Waals surface area contributed by atoms with E-state index in [4.69, 9.17) is 0 Å². The number of rotatable bonds is 4. The second-order valence-corrected chi connectivity index (χ2v) is 4.53. The fourth-order valence-corrected chi connectivity index (χ4v) is 2.43. The largest absolute Gasteiger partial charge is 0.315 e. The molecule has 0 amide bonds. The van der Waals surface area contributed by atoms with Gasteiger partial charge in [0, 0.05) is 37.2 Å². The highest BCUT2D eigenvalue weighted by Crippen LogP contribution is 2.11. The molecule has 1 saturated heterocycles. The zero-order valence-corrected chi connectivity index (χ0v) is 8.99. The van der Waals surface area contributed by atoms with E-state index in [0.717, 1.165) is 13.1 Å². The highest BCUT2D eigenvalue weighted by molar-refractivity contribution is 7.99. The fourth-order valence-electron chi connectivity index (χ4n) is 1.50. The van der Waals surface area contributed by atoms with E-state index in [0.29, 0.717) is 6.04 Å². The first kappa shape index (κ1) is 10.4. The van der Waals surface area contributed by atoms with Crippen LogP contribution in [0.1, 0.15) is 13.8 Å². The summed E-state index contributed by atoms with van der Waals surface area (Å²) >= 11 is 2.08. The van der Waals surface area contributed by atoms with Gasteiger partial charge in [-0.25, -0.2) is 0 Å². The van der Waals surface area contributed by atoms with Gasteiger partial charge in [-0.05, 0) is 13.5 Å². The summed E-state index contributed by atoms with van der Waals surface area (Å²) < 4.78 is 0. The minimum atomic E-state index is 0.714. The fraction of sp³-hybridized carbons (Fsp3) is 1.00. The molecule has 1 N–H and O–H groups in total. The van der Waals surface area contributed by atoms with Crippen molar-refractivity contribution in [3.05, 3.63) is 0 Å². The second kappa shape index (κ2) is 5.84. The molecular formula is C9H20N2S. The average molecular weight is 188 g/mol. The SMILES string of the molecule is CCNCC(C)N1CCSCC1.